The van der Waals surface area contributed by atoms with Crippen molar-refractivity contribution in [2.45, 2.75) is 44.1 Å². The predicted octanol–water partition coefficient (Wildman–Crippen LogP) is 3.03. The maximum absolute atomic E-state index is 13.1. The van der Waals surface area contributed by atoms with Gasteiger partial charge in [-0.1, -0.05) is 24.3 Å². The molecule has 2 bridgehead atoms. The average molecular weight is 303 g/mol. The van der Waals surface area contributed by atoms with E-state index in [9.17, 15) is 4.79 Å². The summed E-state index contributed by atoms with van der Waals surface area (Å²) in [6, 6.07) is 8.82. The second-order valence-electron chi connectivity index (χ2n) is 6.47. The fourth-order valence-electron chi connectivity index (χ4n) is 4.12. The third-order valence-electron chi connectivity index (χ3n) is 5.38. The first kappa shape index (κ1) is 15.7. The molecule has 4 nitrogen and oxygen atoms in total. The molecule has 2 atom stereocenters. The van der Waals surface area contributed by atoms with E-state index in [0.29, 0.717) is 12.1 Å². The summed E-state index contributed by atoms with van der Waals surface area (Å²) < 4.78 is 10.7. The zero-order chi connectivity index (χ0) is 15.7. The van der Waals surface area contributed by atoms with Gasteiger partial charge in [-0.2, -0.15) is 0 Å². The average Bonchev–Trinajstić information content (AvgIpc) is 2.77. The lowest BCUT2D eigenvalue weighted by Gasteiger charge is -2.36. The molecule has 2 fully saturated rings. The number of rotatable bonds is 5. The van der Waals surface area contributed by atoms with Crippen molar-refractivity contribution in [3.63, 3.8) is 0 Å². The molecule has 2 aliphatic heterocycles. The van der Waals surface area contributed by atoms with Crippen molar-refractivity contribution in [2.24, 2.45) is 5.92 Å². The third-order valence-corrected chi connectivity index (χ3v) is 5.38. The van der Waals surface area contributed by atoms with E-state index in [-0.39, 0.29) is 11.7 Å². The van der Waals surface area contributed by atoms with Gasteiger partial charge in [0.15, 0.2) is 12.1 Å². The SMILES string of the molecule is COC(OC)c1ccccc1C(=O)C1CC2CCC(C1)N2C. The van der Waals surface area contributed by atoms with E-state index in [2.05, 4.69) is 11.9 Å². The second-order valence-corrected chi connectivity index (χ2v) is 6.47. The van der Waals surface area contributed by atoms with Crippen molar-refractivity contribution in [1.82, 2.24) is 4.90 Å². The highest BCUT2D eigenvalue weighted by atomic mass is 16.7. The van der Waals surface area contributed by atoms with Gasteiger partial charge in [-0.3, -0.25) is 4.79 Å². The number of piperidine rings is 1. The van der Waals surface area contributed by atoms with Gasteiger partial charge in [0.2, 0.25) is 0 Å². The van der Waals surface area contributed by atoms with Crippen LogP contribution in [0.4, 0.5) is 0 Å². The molecule has 0 radical (unpaired) electrons. The quantitative estimate of drug-likeness (QED) is 0.619. The number of ketones is 1. The largest absolute Gasteiger partial charge is 0.352 e. The van der Waals surface area contributed by atoms with E-state index in [4.69, 9.17) is 9.47 Å². The van der Waals surface area contributed by atoms with Crippen LogP contribution in [0.15, 0.2) is 24.3 Å². The normalized spacial score (nSPS) is 28.3. The molecule has 1 aromatic rings. The van der Waals surface area contributed by atoms with Crippen molar-refractivity contribution in [3.8, 4) is 0 Å². The molecule has 0 N–H and O–H groups in total. The summed E-state index contributed by atoms with van der Waals surface area (Å²) in [7, 11) is 5.40. The van der Waals surface area contributed by atoms with E-state index in [1.165, 1.54) is 12.8 Å². The molecule has 2 unspecified atom stereocenters. The van der Waals surface area contributed by atoms with Crippen LogP contribution >= 0.6 is 0 Å². The zero-order valence-corrected chi connectivity index (χ0v) is 13.6. The molecular weight excluding hydrogens is 278 g/mol. The smallest absolute Gasteiger partial charge is 0.183 e. The maximum Gasteiger partial charge on any atom is 0.183 e. The molecule has 1 aromatic carbocycles. The van der Waals surface area contributed by atoms with Crippen LogP contribution in [0.1, 0.15) is 47.9 Å². The van der Waals surface area contributed by atoms with Crippen molar-refractivity contribution in [1.29, 1.82) is 0 Å². The van der Waals surface area contributed by atoms with Gasteiger partial charge in [0.05, 0.1) is 0 Å². The molecule has 0 spiro atoms. The van der Waals surface area contributed by atoms with Crippen molar-refractivity contribution < 1.29 is 14.3 Å². The lowest BCUT2D eigenvalue weighted by Crippen LogP contribution is -2.42. The van der Waals surface area contributed by atoms with Crippen LogP contribution in [0.2, 0.25) is 0 Å². The maximum atomic E-state index is 13.1. The summed E-state index contributed by atoms with van der Waals surface area (Å²) in [5, 5.41) is 0. The van der Waals surface area contributed by atoms with Crippen LogP contribution in [0.25, 0.3) is 0 Å². The van der Waals surface area contributed by atoms with Crippen LogP contribution in [-0.2, 0) is 9.47 Å². The summed E-state index contributed by atoms with van der Waals surface area (Å²) in [5.74, 6) is 0.379. The topological polar surface area (TPSA) is 38.8 Å². The molecular formula is C18H25NO3. The second kappa shape index (κ2) is 6.49. The van der Waals surface area contributed by atoms with E-state index in [1.54, 1.807) is 14.2 Å². The molecule has 0 aromatic heterocycles. The van der Waals surface area contributed by atoms with E-state index < -0.39 is 6.29 Å². The molecule has 120 valence electrons. The Morgan fingerprint density at radius 1 is 1.14 bits per heavy atom. The minimum Gasteiger partial charge on any atom is -0.352 e. The van der Waals surface area contributed by atoms with Gasteiger partial charge in [0, 0.05) is 43.3 Å². The van der Waals surface area contributed by atoms with Crippen molar-refractivity contribution in [2.75, 3.05) is 21.3 Å². The Hall–Kier alpha value is -1.23. The lowest BCUT2D eigenvalue weighted by atomic mass is 9.83. The molecule has 4 heteroatoms. The molecule has 0 amide bonds. The van der Waals surface area contributed by atoms with Crippen LogP contribution in [0.5, 0.6) is 0 Å². The van der Waals surface area contributed by atoms with Crippen LogP contribution < -0.4 is 0 Å². The Labute approximate surface area is 132 Å². The van der Waals surface area contributed by atoms with Crippen molar-refractivity contribution in [3.05, 3.63) is 35.4 Å². The Morgan fingerprint density at radius 2 is 1.73 bits per heavy atom. The van der Waals surface area contributed by atoms with E-state index in [1.807, 2.05) is 24.3 Å². The summed E-state index contributed by atoms with van der Waals surface area (Å²) in [5.41, 5.74) is 1.59. The lowest BCUT2D eigenvalue weighted by molar-refractivity contribution is -0.106. The van der Waals surface area contributed by atoms with E-state index in [0.717, 1.165) is 24.0 Å². The van der Waals surface area contributed by atoms with Gasteiger partial charge in [0.25, 0.3) is 0 Å². The van der Waals surface area contributed by atoms with Gasteiger partial charge in [-0.15, -0.1) is 0 Å². The van der Waals surface area contributed by atoms with Crippen LogP contribution in [0.3, 0.4) is 0 Å². The molecule has 2 saturated heterocycles. The Balaban J connectivity index is 1.84. The zero-order valence-electron chi connectivity index (χ0n) is 13.6. The number of carbonyl (C=O) groups excluding carboxylic acids is 1. The van der Waals surface area contributed by atoms with Gasteiger partial charge >= 0.3 is 0 Å². The predicted molar refractivity (Wildman–Crippen MR) is 84.8 cm³/mol. The summed E-state index contributed by atoms with van der Waals surface area (Å²) in [4.78, 5) is 15.5. The van der Waals surface area contributed by atoms with Crippen LogP contribution in [-0.4, -0.2) is 44.0 Å². The fraction of sp³-hybridized carbons (Fsp3) is 0.611. The van der Waals surface area contributed by atoms with Gasteiger partial charge < -0.3 is 14.4 Å². The number of hydrogen-bond acceptors (Lipinski definition) is 4. The number of Topliss-reactive ketones (excluding diaryl/α,β-unsaturated/α-hetero) is 1. The third kappa shape index (κ3) is 2.71. The fourth-order valence-corrected chi connectivity index (χ4v) is 4.12. The number of fused-ring (bicyclic) bond motifs is 2. The number of methoxy groups -OCH3 is 2. The number of hydrogen-bond donors (Lipinski definition) is 0. The first-order chi connectivity index (χ1) is 10.7. The highest BCUT2D eigenvalue weighted by Crippen LogP contribution is 2.39. The monoisotopic (exact) mass is 303 g/mol. The van der Waals surface area contributed by atoms with Crippen LogP contribution in [0, 0.1) is 5.92 Å². The Morgan fingerprint density at radius 3 is 2.32 bits per heavy atom. The number of carbonyl (C=O) groups is 1. The molecule has 3 rings (SSSR count). The molecule has 0 saturated carbocycles. The minimum absolute atomic E-state index is 0.129. The highest BCUT2D eigenvalue weighted by molar-refractivity contribution is 5.99. The Bertz CT molecular complexity index is 527. The molecule has 2 heterocycles. The first-order valence-electron chi connectivity index (χ1n) is 8.06. The summed E-state index contributed by atoms with van der Waals surface area (Å²) in [6.45, 7) is 0. The number of benzene rings is 1. The number of ether oxygens (including phenoxy) is 2. The molecule has 2 aliphatic rings. The Kier molecular flexibility index (Phi) is 4.62. The molecule has 0 aliphatic carbocycles. The minimum atomic E-state index is -0.483. The number of nitrogens with zero attached hydrogens (tertiary/aromatic N) is 1. The first-order valence-corrected chi connectivity index (χ1v) is 8.06. The standard InChI is InChI=1S/C18H25NO3/c1-19-13-8-9-14(19)11-12(10-13)17(20)15-6-4-5-7-16(15)18(21-2)22-3/h4-7,12-14,18H,8-11H2,1-3H3. The van der Waals surface area contributed by atoms with Gasteiger partial charge in [-0.25, -0.2) is 0 Å². The van der Waals surface area contributed by atoms with Gasteiger partial charge in [-0.05, 0) is 32.7 Å². The van der Waals surface area contributed by atoms with E-state index >= 15 is 0 Å². The highest BCUT2D eigenvalue weighted by Gasteiger charge is 2.41. The van der Waals surface area contributed by atoms with Gasteiger partial charge in [0.1, 0.15) is 0 Å². The summed E-state index contributed by atoms with van der Waals surface area (Å²) in [6.07, 6.45) is 3.93. The molecule has 22 heavy (non-hydrogen) atoms. The van der Waals surface area contributed by atoms with Crippen molar-refractivity contribution >= 4 is 5.78 Å². The summed E-state index contributed by atoms with van der Waals surface area (Å²) >= 11 is 0.